The zero-order valence-corrected chi connectivity index (χ0v) is 14.3. The van der Waals surface area contributed by atoms with Crippen molar-refractivity contribution in [3.63, 3.8) is 0 Å². The predicted octanol–water partition coefficient (Wildman–Crippen LogP) is 3.03. The first-order chi connectivity index (χ1) is 11.8. The summed E-state index contributed by atoms with van der Waals surface area (Å²) in [5, 5.41) is 8.41. The molecule has 2 aromatic rings. The van der Waals surface area contributed by atoms with Gasteiger partial charge in [0.2, 0.25) is 0 Å². The van der Waals surface area contributed by atoms with E-state index in [1.54, 1.807) is 0 Å². The van der Waals surface area contributed by atoms with Crippen molar-refractivity contribution >= 4 is 11.5 Å². The Balaban J connectivity index is 1.57. The van der Waals surface area contributed by atoms with Crippen LogP contribution in [0.15, 0.2) is 12.3 Å². The molecule has 2 saturated carbocycles. The Kier molecular flexibility index (Phi) is 3.34. The van der Waals surface area contributed by atoms with Gasteiger partial charge in [0.1, 0.15) is 5.82 Å². The molecule has 2 atom stereocenters. The fourth-order valence-electron chi connectivity index (χ4n) is 5.43. The van der Waals surface area contributed by atoms with Crippen LogP contribution in [0.1, 0.15) is 62.6 Å². The van der Waals surface area contributed by atoms with Crippen LogP contribution in [0.3, 0.4) is 0 Å². The van der Waals surface area contributed by atoms with Crippen LogP contribution in [0.25, 0.3) is 5.65 Å². The highest BCUT2D eigenvalue weighted by Gasteiger charge is 2.44. The third kappa shape index (κ3) is 2.10. The molecule has 0 aliphatic heterocycles. The maximum absolute atomic E-state index is 5.88. The number of hydrogen-bond acceptors (Lipinski definition) is 4. The Morgan fingerprint density at radius 2 is 2.12 bits per heavy atom. The molecule has 2 aromatic heterocycles. The van der Waals surface area contributed by atoms with E-state index in [4.69, 9.17) is 10.7 Å². The molecule has 3 N–H and O–H groups in total. The molecule has 5 nitrogen and oxygen atoms in total. The zero-order chi connectivity index (χ0) is 16.1. The molecular formula is C19H27N5. The van der Waals surface area contributed by atoms with E-state index in [1.807, 2.05) is 16.8 Å². The number of hydrogen-bond donors (Lipinski definition) is 2. The smallest absolute Gasteiger partial charge is 0.157 e. The van der Waals surface area contributed by atoms with E-state index in [1.165, 1.54) is 68.4 Å². The number of rotatable bonds is 3. The van der Waals surface area contributed by atoms with E-state index in [9.17, 15) is 0 Å². The van der Waals surface area contributed by atoms with Gasteiger partial charge in [-0.05, 0) is 57.4 Å². The Morgan fingerprint density at radius 1 is 1.25 bits per heavy atom. The van der Waals surface area contributed by atoms with Crippen molar-refractivity contribution in [1.29, 1.82) is 0 Å². The summed E-state index contributed by atoms with van der Waals surface area (Å²) in [7, 11) is 0. The number of nitrogens with one attached hydrogen (secondary N) is 1. The van der Waals surface area contributed by atoms with Gasteiger partial charge in [-0.25, -0.2) is 4.98 Å². The summed E-state index contributed by atoms with van der Waals surface area (Å²) >= 11 is 0. The van der Waals surface area contributed by atoms with Crippen LogP contribution in [0.2, 0.25) is 0 Å². The first-order valence-corrected chi connectivity index (χ1v) is 9.63. The Hall–Kier alpha value is -1.62. The van der Waals surface area contributed by atoms with Crippen LogP contribution in [0, 0.1) is 5.92 Å². The number of nitrogens with two attached hydrogens (primary N) is 1. The lowest BCUT2D eigenvalue weighted by Crippen LogP contribution is -2.23. The second-order valence-electron chi connectivity index (χ2n) is 8.13. The molecular weight excluding hydrogens is 298 g/mol. The number of aromatic nitrogens is 3. The molecule has 3 aliphatic carbocycles. The van der Waals surface area contributed by atoms with Crippen LogP contribution in [0.4, 0.5) is 5.82 Å². The van der Waals surface area contributed by atoms with Gasteiger partial charge in [-0.1, -0.05) is 12.8 Å². The van der Waals surface area contributed by atoms with E-state index >= 15 is 0 Å². The average molecular weight is 325 g/mol. The maximum Gasteiger partial charge on any atom is 0.157 e. The standard InChI is InChI=1S/C19H27N5/c20-12-13-3-4-14(11-13)22-18-15-5-9-19(7-1-2-8-19)17(15)23-16-6-10-21-24(16)18/h6,10,13-14,22H,1-5,7-9,11-12,20H2/t13-,14-/m0/s1. The van der Waals surface area contributed by atoms with Crippen molar-refractivity contribution in [1.82, 2.24) is 14.6 Å². The van der Waals surface area contributed by atoms with Crippen molar-refractivity contribution in [2.24, 2.45) is 11.7 Å². The van der Waals surface area contributed by atoms with E-state index in [-0.39, 0.29) is 0 Å². The molecule has 0 aromatic carbocycles. The number of fused-ring (bicyclic) bond motifs is 3. The first kappa shape index (κ1) is 14.7. The summed E-state index contributed by atoms with van der Waals surface area (Å²) in [4.78, 5) is 5.06. The van der Waals surface area contributed by atoms with Crippen LogP contribution in [-0.2, 0) is 11.8 Å². The Morgan fingerprint density at radius 3 is 2.92 bits per heavy atom. The van der Waals surface area contributed by atoms with E-state index in [2.05, 4.69) is 10.4 Å². The third-order valence-electron chi connectivity index (χ3n) is 6.76. The quantitative estimate of drug-likeness (QED) is 0.910. The molecule has 0 saturated heterocycles. The minimum absolute atomic E-state index is 0.354. The van der Waals surface area contributed by atoms with Gasteiger partial charge in [0.05, 0.1) is 11.9 Å². The maximum atomic E-state index is 5.88. The summed E-state index contributed by atoms with van der Waals surface area (Å²) < 4.78 is 2.03. The molecule has 2 heterocycles. The predicted molar refractivity (Wildman–Crippen MR) is 95.3 cm³/mol. The van der Waals surface area contributed by atoms with Crippen LogP contribution in [-0.4, -0.2) is 27.2 Å². The highest BCUT2D eigenvalue weighted by atomic mass is 15.3. The van der Waals surface area contributed by atoms with Crippen molar-refractivity contribution in [2.45, 2.75) is 69.2 Å². The summed E-state index contributed by atoms with van der Waals surface area (Å²) in [5.74, 6) is 1.89. The van der Waals surface area contributed by atoms with Gasteiger partial charge in [-0.2, -0.15) is 9.61 Å². The molecule has 2 fully saturated rings. The minimum atomic E-state index is 0.354. The molecule has 5 rings (SSSR count). The second kappa shape index (κ2) is 5.45. The largest absolute Gasteiger partial charge is 0.367 e. The van der Waals surface area contributed by atoms with Crippen LogP contribution >= 0.6 is 0 Å². The van der Waals surface area contributed by atoms with E-state index < -0.39 is 0 Å². The van der Waals surface area contributed by atoms with Crippen LogP contribution < -0.4 is 11.1 Å². The fraction of sp³-hybridized carbons (Fsp3) is 0.684. The van der Waals surface area contributed by atoms with Crippen molar-refractivity contribution in [3.8, 4) is 0 Å². The van der Waals surface area contributed by atoms with Gasteiger partial charge < -0.3 is 11.1 Å². The molecule has 0 radical (unpaired) electrons. The lowest BCUT2D eigenvalue weighted by Gasteiger charge is -2.24. The molecule has 0 bridgehead atoms. The molecule has 3 aliphatic rings. The Bertz CT molecular complexity index is 758. The zero-order valence-electron chi connectivity index (χ0n) is 14.3. The molecule has 1 spiro atoms. The number of nitrogens with zero attached hydrogens (tertiary/aromatic N) is 3. The highest BCUT2D eigenvalue weighted by molar-refractivity contribution is 5.59. The van der Waals surface area contributed by atoms with Gasteiger partial charge in [0, 0.05) is 23.1 Å². The van der Waals surface area contributed by atoms with Crippen molar-refractivity contribution in [3.05, 3.63) is 23.5 Å². The second-order valence-corrected chi connectivity index (χ2v) is 8.13. The summed E-state index contributed by atoms with van der Waals surface area (Å²) in [6, 6.07) is 2.57. The highest BCUT2D eigenvalue weighted by Crippen LogP contribution is 2.51. The van der Waals surface area contributed by atoms with Gasteiger partial charge in [0.25, 0.3) is 0 Å². The van der Waals surface area contributed by atoms with Gasteiger partial charge in [0.15, 0.2) is 5.65 Å². The molecule has 128 valence electrons. The molecule has 24 heavy (non-hydrogen) atoms. The van der Waals surface area contributed by atoms with Crippen molar-refractivity contribution < 1.29 is 0 Å². The topological polar surface area (TPSA) is 68.2 Å². The monoisotopic (exact) mass is 325 g/mol. The van der Waals surface area contributed by atoms with Gasteiger partial charge in [-0.3, -0.25) is 0 Å². The van der Waals surface area contributed by atoms with Crippen LogP contribution in [0.5, 0.6) is 0 Å². The van der Waals surface area contributed by atoms with E-state index in [0.29, 0.717) is 17.4 Å². The molecule has 5 heteroatoms. The summed E-state index contributed by atoms with van der Waals surface area (Å²) in [6.45, 7) is 0.812. The van der Waals surface area contributed by atoms with Crippen molar-refractivity contribution in [2.75, 3.05) is 11.9 Å². The normalized spacial score (nSPS) is 28.0. The Labute approximate surface area is 143 Å². The third-order valence-corrected chi connectivity index (χ3v) is 6.76. The average Bonchev–Trinajstić information content (AvgIpc) is 3.37. The lowest BCUT2D eigenvalue weighted by molar-refractivity contribution is 0.429. The molecule has 0 amide bonds. The minimum Gasteiger partial charge on any atom is -0.367 e. The first-order valence-electron chi connectivity index (χ1n) is 9.63. The van der Waals surface area contributed by atoms with Gasteiger partial charge in [-0.15, -0.1) is 0 Å². The van der Waals surface area contributed by atoms with E-state index in [0.717, 1.165) is 18.6 Å². The number of anilines is 1. The molecule has 0 unspecified atom stereocenters. The van der Waals surface area contributed by atoms with Gasteiger partial charge >= 0.3 is 0 Å². The summed E-state index contributed by atoms with van der Waals surface area (Å²) in [5.41, 5.74) is 10.0. The fourth-order valence-corrected chi connectivity index (χ4v) is 5.43. The SMILES string of the molecule is NC[C@H]1CC[C@H](Nc2c3c(nc4ccnn24)C2(CCCC2)CC3)C1. The summed E-state index contributed by atoms with van der Waals surface area (Å²) in [6.07, 6.45) is 13.3. The lowest BCUT2D eigenvalue weighted by atomic mass is 9.83.